The predicted molar refractivity (Wildman–Crippen MR) is 124 cm³/mol. The van der Waals surface area contributed by atoms with Gasteiger partial charge in [-0.1, -0.05) is 11.6 Å². The number of piperidine rings is 1. The summed E-state index contributed by atoms with van der Waals surface area (Å²) in [5, 5.41) is 24.4. The van der Waals surface area contributed by atoms with Crippen molar-refractivity contribution in [1.82, 2.24) is 14.9 Å². The Balaban J connectivity index is 1.52. The maximum Gasteiger partial charge on any atom is 0.223 e. The lowest BCUT2D eigenvalue weighted by molar-refractivity contribution is -0.0136. The van der Waals surface area contributed by atoms with Gasteiger partial charge in [0, 0.05) is 18.6 Å². The smallest absolute Gasteiger partial charge is 0.223 e. The van der Waals surface area contributed by atoms with E-state index in [2.05, 4.69) is 32.1 Å². The van der Waals surface area contributed by atoms with E-state index >= 15 is 4.39 Å². The Morgan fingerprint density at radius 2 is 2.09 bits per heavy atom. The maximum absolute atomic E-state index is 15.4. The summed E-state index contributed by atoms with van der Waals surface area (Å²) in [7, 11) is 0. The summed E-state index contributed by atoms with van der Waals surface area (Å²) in [4.78, 5) is 15.5. The fourth-order valence-electron chi connectivity index (χ4n) is 5.32. The van der Waals surface area contributed by atoms with E-state index in [-0.39, 0.29) is 30.7 Å². The second kappa shape index (κ2) is 8.30. The molecule has 0 bridgehead atoms. The zero-order chi connectivity index (χ0) is 23.5. The Morgan fingerprint density at radius 3 is 2.82 bits per heavy atom. The van der Waals surface area contributed by atoms with Crippen LogP contribution in [0.5, 0.6) is 0 Å². The number of hydrogen-bond donors (Lipinski definition) is 3. The van der Waals surface area contributed by atoms with E-state index in [1.54, 1.807) is 13.8 Å². The monoisotopic (exact) mass is 477 g/mol. The van der Waals surface area contributed by atoms with Gasteiger partial charge in [0.15, 0.2) is 0 Å². The summed E-state index contributed by atoms with van der Waals surface area (Å²) < 4.78 is 20.6. The topological polar surface area (TPSA) is 103 Å². The van der Waals surface area contributed by atoms with Gasteiger partial charge in [0.25, 0.3) is 0 Å². The Bertz CT molecular complexity index is 1050. The van der Waals surface area contributed by atoms with Crippen molar-refractivity contribution < 1.29 is 19.3 Å². The number of nitrogens with one attached hydrogen (secondary N) is 1. The molecule has 0 spiro atoms. The van der Waals surface area contributed by atoms with E-state index in [4.69, 9.17) is 16.3 Å². The van der Waals surface area contributed by atoms with Gasteiger partial charge in [-0.05, 0) is 51.7 Å². The van der Waals surface area contributed by atoms with E-state index in [9.17, 15) is 10.2 Å². The predicted octanol–water partition coefficient (Wildman–Crippen LogP) is 2.92. The molecule has 0 aromatic carbocycles. The van der Waals surface area contributed by atoms with Gasteiger partial charge in [-0.25, -0.2) is 19.4 Å². The second-order valence-corrected chi connectivity index (χ2v) is 10.2. The van der Waals surface area contributed by atoms with Crippen molar-refractivity contribution in [2.75, 3.05) is 18.5 Å². The summed E-state index contributed by atoms with van der Waals surface area (Å²) >= 11 is 6.51. The van der Waals surface area contributed by atoms with Crippen LogP contribution < -0.4 is 5.32 Å². The zero-order valence-corrected chi connectivity index (χ0v) is 19.7. The van der Waals surface area contributed by atoms with Crippen molar-refractivity contribution >= 4 is 29.0 Å². The van der Waals surface area contributed by atoms with Crippen LogP contribution >= 0.6 is 11.6 Å². The first-order valence-corrected chi connectivity index (χ1v) is 11.8. The average molecular weight is 478 g/mol. The molecule has 178 valence electrons. The summed E-state index contributed by atoms with van der Waals surface area (Å²) in [5.74, 6) is 0.313. The Hall–Kier alpha value is -2.07. The van der Waals surface area contributed by atoms with Crippen LogP contribution in [0.4, 0.5) is 10.3 Å². The van der Waals surface area contributed by atoms with Crippen molar-refractivity contribution in [2.45, 2.75) is 69.9 Å². The number of ether oxygens (including phenoxy) is 1. The highest BCUT2D eigenvalue weighted by atomic mass is 35.5. The molecule has 5 rings (SSSR count). The van der Waals surface area contributed by atoms with Crippen LogP contribution in [-0.2, 0) is 4.74 Å². The van der Waals surface area contributed by atoms with Crippen LogP contribution in [-0.4, -0.2) is 74.0 Å². The molecular formula is C23H29ClFN5O3. The van der Waals surface area contributed by atoms with Gasteiger partial charge >= 0.3 is 0 Å². The molecule has 3 N–H and O–H groups in total. The number of anilines is 1. The summed E-state index contributed by atoms with van der Waals surface area (Å²) in [6.07, 6.45) is 4.63. The van der Waals surface area contributed by atoms with Gasteiger partial charge in [0.05, 0.1) is 41.7 Å². The molecule has 2 fully saturated rings. The number of aliphatic imine (C=N–C) groups is 1. The SMILES string of the molecule is CC1CCC2C(c3nc(NC4CCOCC4O)ncc3Cl)=CC(F)=C3N=C(C(C)(C)O)N1C32. The highest BCUT2D eigenvalue weighted by Gasteiger charge is 2.51. The largest absolute Gasteiger partial charge is 0.389 e. The van der Waals surface area contributed by atoms with Gasteiger partial charge in [0.1, 0.15) is 23.0 Å². The molecule has 4 heterocycles. The molecule has 0 radical (unpaired) electrons. The number of aromatic nitrogens is 2. The van der Waals surface area contributed by atoms with Crippen LogP contribution in [0.1, 0.15) is 45.7 Å². The fourth-order valence-corrected chi connectivity index (χ4v) is 5.52. The third-order valence-corrected chi connectivity index (χ3v) is 7.21. The number of nitrogens with zero attached hydrogens (tertiary/aromatic N) is 4. The first-order chi connectivity index (χ1) is 15.6. The van der Waals surface area contributed by atoms with Crippen LogP contribution in [0.25, 0.3) is 5.57 Å². The normalized spacial score (nSPS) is 31.8. The molecule has 1 aromatic heterocycles. The van der Waals surface area contributed by atoms with Crippen molar-refractivity contribution in [3.8, 4) is 0 Å². The molecule has 2 saturated heterocycles. The molecule has 5 unspecified atom stereocenters. The van der Waals surface area contributed by atoms with E-state index in [0.29, 0.717) is 46.8 Å². The molecular weight excluding hydrogens is 449 g/mol. The third kappa shape index (κ3) is 3.95. The molecule has 4 aliphatic rings. The quantitative estimate of drug-likeness (QED) is 0.612. The molecule has 10 heteroatoms. The Labute approximate surface area is 197 Å². The molecule has 0 amide bonds. The lowest BCUT2D eigenvalue weighted by Gasteiger charge is -2.46. The Kier molecular flexibility index (Phi) is 5.71. The maximum atomic E-state index is 15.4. The lowest BCUT2D eigenvalue weighted by atomic mass is 9.75. The minimum atomic E-state index is -1.19. The highest BCUT2D eigenvalue weighted by molar-refractivity contribution is 6.32. The van der Waals surface area contributed by atoms with Gasteiger partial charge in [-0.2, -0.15) is 0 Å². The van der Waals surface area contributed by atoms with Crippen molar-refractivity contribution in [2.24, 2.45) is 10.9 Å². The second-order valence-electron chi connectivity index (χ2n) is 9.78. The Morgan fingerprint density at radius 1 is 1.30 bits per heavy atom. The minimum absolute atomic E-state index is 0.0757. The molecule has 3 aliphatic heterocycles. The number of aliphatic hydroxyl groups excluding tert-OH is 1. The van der Waals surface area contributed by atoms with Crippen LogP contribution in [0.2, 0.25) is 5.02 Å². The van der Waals surface area contributed by atoms with E-state index in [1.807, 2.05) is 0 Å². The van der Waals surface area contributed by atoms with E-state index < -0.39 is 17.5 Å². The number of rotatable bonds is 4. The standard InChI is InChI=1S/C23H29ClFN5O3/c1-11-4-5-12-13(8-15(25)19-20(12)30(11)21(28-19)23(2,3)32)18-14(24)9-26-22(29-18)27-16-6-7-33-10-17(16)31/h8-9,11-12,16-17,20,31-32H,4-7,10H2,1-3H3,(H,26,27,29). The third-order valence-electron chi connectivity index (χ3n) is 6.93. The number of aliphatic hydroxyl groups is 2. The molecule has 5 atom stereocenters. The number of amidine groups is 1. The number of hydrogen-bond acceptors (Lipinski definition) is 8. The number of halogens is 2. The summed E-state index contributed by atoms with van der Waals surface area (Å²) in [5.41, 5.74) is 0.352. The van der Waals surface area contributed by atoms with Gasteiger partial charge in [-0.15, -0.1) is 0 Å². The first kappa shape index (κ1) is 22.7. The lowest BCUT2D eigenvalue weighted by Crippen LogP contribution is -2.55. The number of allylic oxidation sites excluding steroid dienone is 2. The average Bonchev–Trinajstić information content (AvgIpc) is 3.18. The van der Waals surface area contributed by atoms with E-state index in [0.717, 1.165) is 12.8 Å². The van der Waals surface area contributed by atoms with E-state index in [1.165, 1.54) is 12.3 Å². The molecule has 33 heavy (non-hydrogen) atoms. The van der Waals surface area contributed by atoms with Crippen molar-refractivity contribution in [1.29, 1.82) is 0 Å². The van der Waals surface area contributed by atoms with Crippen LogP contribution in [0.15, 0.2) is 28.8 Å². The first-order valence-electron chi connectivity index (χ1n) is 11.4. The summed E-state index contributed by atoms with van der Waals surface area (Å²) in [6, 6.07) is -0.427. The van der Waals surface area contributed by atoms with Gasteiger partial charge in [-0.3, -0.25) is 0 Å². The summed E-state index contributed by atoms with van der Waals surface area (Å²) in [6.45, 7) is 6.23. The molecule has 8 nitrogen and oxygen atoms in total. The van der Waals surface area contributed by atoms with Crippen LogP contribution in [0.3, 0.4) is 0 Å². The fraction of sp³-hybridized carbons (Fsp3) is 0.609. The van der Waals surface area contributed by atoms with Gasteiger partial charge < -0.3 is 25.2 Å². The zero-order valence-electron chi connectivity index (χ0n) is 18.9. The van der Waals surface area contributed by atoms with Gasteiger partial charge in [0.2, 0.25) is 5.95 Å². The van der Waals surface area contributed by atoms with Crippen molar-refractivity contribution in [3.05, 3.63) is 34.5 Å². The molecule has 1 aromatic rings. The minimum Gasteiger partial charge on any atom is -0.389 e. The van der Waals surface area contributed by atoms with Crippen molar-refractivity contribution in [3.63, 3.8) is 0 Å². The van der Waals surface area contributed by atoms with Crippen LogP contribution in [0, 0.1) is 5.92 Å². The molecule has 1 aliphatic carbocycles. The highest BCUT2D eigenvalue weighted by Crippen LogP contribution is 2.49. The molecule has 0 saturated carbocycles.